The highest BCUT2D eigenvalue weighted by Crippen LogP contribution is 2.25. The number of benzene rings is 1. The molecule has 1 unspecified atom stereocenters. The predicted molar refractivity (Wildman–Crippen MR) is 49.6 cm³/mol. The summed E-state index contributed by atoms with van der Waals surface area (Å²) >= 11 is 3.29. The van der Waals surface area contributed by atoms with Crippen molar-refractivity contribution < 1.29 is 9.50 Å². The molecule has 0 fully saturated rings. The van der Waals surface area contributed by atoms with Gasteiger partial charge in [0.25, 0.3) is 0 Å². The van der Waals surface area contributed by atoms with E-state index in [0.717, 1.165) is 10.0 Å². The Morgan fingerprint density at radius 3 is 2.83 bits per heavy atom. The zero-order valence-corrected chi connectivity index (χ0v) is 8.31. The molecule has 0 aliphatic rings. The molecule has 0 bridgehead atoms. The average Bonchev–Trinajstić information content (AvgIpc) is 2.08. The first-order valence-corrected chi connectivity index (χ1v) is 4.50. The van der Waals surface area contributed by atoms with Crippen LogP contribution in [0.2, 0.25) is 0 Å². The van der Waals surface area contributed by atoms with Gasteiger partial charge in [-0.15, -0.1) is 0 Å². The lowest BCUT2D eigenvalue weighted by atomic mass is 10.0. The second-order valence-corrected chi connectivity index (χ2v) is 3.60. The highest BCUT2D eigenvalue weighted by Gasteiger charge is 2.08. The van der Waals surface area contributed by atoms with Crippen LogP contribution < -0.4 is 0 Å². The molecule has 0 radical (unpaired) electrons. The second-order valence-electron chi connectivity index (χ2n) is 2.75. The molecule has 0 aliphatic carbocycles. The standard InChI is InChI=1S/C9H10BrFO/c1-6(5-12)8-4-7(11)2-3-9(8)10/h2-4,6,12H,5H2,1H3. The fraction of sp³-hybridized carbons (Fsp3) is 0.333. The summed E-state index contributed by atoms with van der Waals surface area (Å²) in [5.41, 5.74) is 0.803. The summed E-state index contributed by atoms with van der Waals surface area (Å²) in [5, 5.41) is 8.86. The van der Waals surface area contributed by atoms with E-state index in [1.54, 1.807) is 6.07 Å². The van der Waals surface area contributed by atoms with Crippen LogP contribution in [0.4, 0.5) is 4.39 Å². The van der Waals surface area contributed by atoms with Crippen molar-refractivity contribution in [3.05, 3.63) is 34.1 Å². The largest absolute Gasteiger partial charge is 0.396 e. The van der Waals surface area contributed by atoms with Crippen molar-refractivity contribution in [2.45, 2.75) is 12.8 Å². The molecule has 0 amide bonds. The van der Waals surface area contributed by atoms with Gasteiger partial charge < -0.3 is 5.11 Å². The quantitative estimate of drug-likeness (QED) is 0.832. The van der Waals surface area contributed by atoms with Gasteiger partial charge >= 0.3 is 0 Å². The highest BCUT2D eigenvalue weighted by molar-refractivity contribution is 9.10. The normalized spacial score (nSPS) is 13.0. The number of hydrogen-bond donors (Lipinski definition) is 1. The first kappa shape index (κ1) is 9.68. The first-order valence-electron chi connectivity index (χ1n) is 3.71. The molecular formula is C9H10BrFO. The summed E-state index contributed by atoms with van der Waals surface area (Å²) in [6, 6.07) is 4.47. The molecule has 0 heterocycles. The molecule has 3 heteroatoms. The minimum absolute atomic E-state index is 0.0298. The number of rotatable bonds is 2. The summed E-state index contributed by atoms with van der Waals surface area (Å²) in [4.78, 5) is 0. The summed E-state index contributed by atoms with van der Waals surface area (Å²) in [7, 11) is 0. The van der Waals surface area contributed by atoms with Gasteiger partial charge in [-0.05, 0) is 23.8 Å². The monoisotopic (exact) mass is 232 g/mol. The van der Waals surface area contributed by atoms with E-state index in [2.05, 4.69) is 15.9 Å². The van der Waals surface area contributed by atoms with Gasteiger partial charge in [0.15, 0.2) is 0 Å². The van der Waals surface area contributed by atoms with Crippen LogP contribution in [0.1, 0.15) is 18.4 Å². The Balaban J connectivity index is 3.04. The van der Waals surface area contributed by atoms with E-state index in [1.807, 2.05) is 6.92 Å². The summed E-state index contributed by atoms with van der Waals surface area (Å²) in [6.45, 7) is 1.88. The van der Waals surface area contributed by atoms with Gasteiger partial charge in [0.1, 0.15) is 5.82 Å². The Hall–Kier alpha value is -0.410. The van der Waals surface area contributed by atoms with Gasteiger partial charge in [-0.2, -0.15) is 0 Å². The molecule has 1 rings (SSSR count). The van der Waals surface area contributed by atoms with E-state index in [4.69, 9.17) is 5.11 Å². The van der Waals surface area contributed by atoms with Crippen molar-refractivity contribution in [3.8, 4) is 0 Å². The maximum atomic E-state index is 12.7. The Morgan fingerprint density at radius 2 is 2.25 bits per heavy atom. The number of hydrogen-bond acceptors (Lipinski definition) is 1. The summed E-state index contributed by atoms with van der Waals surface area (Å²) in [5.74, 6) is -0.302. The van der Waals surface area contributed by atoms with Gasteiger partial charge in [-0.1, -0.05) is 22.9 Å². The van der Waals surface area contributed by atoms with E-state index >= 15 is 0 Å². The van der Waals surface area contributed by atoms with Gasteiger partial charge in [-0.25, -0.2) is 4.39 Å². The van der Waals surface area contributed by atoms with E-state index in [0.29, 0.717) is 0 Å². The van der Waals surface area contributed by atoms with Crippen LogP contribution in [0.5, 0.6) is 0 Å². The van der Waals surface area contributed by atoms with Gasteiger partial charge in [0.2, 0.25) is 0 Å². The maximum absolute atomic E-state index is 12.7. The molecular weight excluding hydrogens is 223 g/mol. The predicted octanol–water partition coefficient (Wildman–Crippen LogP) is 2.68. The Bertz CT molecular complexity index is 275. The number of aliphatic hydroxyl groups is 1. The lowest BCUT2D eigenvalue weighted by Crippen LogP contribution is -2.00. The Morgan fingerprint density at radius 1 is 1.58 bits per heavy atom. The molecule has 1 atom stereocenters. The molecule has 1 aromatic rings. The topological polar surface area (TPSA) is 20.2 Å². The minimum Gasteiger partial charge on any atom is -0.396 e. The third-order valence-corrected chi connectivity index (χ3v) is 2.48. The van der Waals surface area contributed by atoms with Crippen LogP contribution in [-0.4, -0.2) is 11.7 Å². The maximum Gasteiger partial charge on any atom is 0.123 e. The van der Waals surface area contributed by atoms with Crippen molar-refractivity contribution in [2.24, 2.45) is 0 Å². The molecule has 66 valence electrons. The Kier molecular flexibility index (Phi) is 3.23. The number of halogens is 2. The lowest BCUT2D eigenvalue weighted by Gasteiger charge is -2.10. The SMILES string of the molecule is CC(CO)c1cc(F)ccc1Br. The molecule has 1 nitrogen and oxygen atoms in total. The fourth-order valence-electron chi connectivity index (χ4n) is 0.991. The Labute approximate surface area is 79.4 Å². The smallest absolute Gasteiger partial charge is 0.123 e. The van der Waals surface area contributed by atoms with Crippen LogP contribution in [0, 0.1) is 5.82 Å². The molecule has 0 saturated heterocycles. The van der Waals surface area contributed by atoms with E-state index in [1.165, 1.54) is 12.1 Å². The van der Waals surface area contributed by atoms with Crippen molar-refractivity contribution >= 4 is 15.9 Å². The van der Waals surface area contributed by atoms with Crippen LogP contribution in [0.25, 0.3) is 0 Å². The molecule has 12 heavy (non-hydrogen) atoms. The summed E-state index contributed by atoms with van der Waals surface area (Å²) < 4.78 is 13.6. The van der Waals surface area contributed by atoms with Crippen molar-refractivity contribution in [2.75, 3.05) is 6.61 Å². The van der Waals surface area contributed by atoms with Crippen LogP contribution >= 0.6 is 15.9 Å². The van der Waals surface area contributed by atoms with Gasteiger partial charge in [0, 0.05) is 17.0 Å². The lowest BCUT2D eigenvalue weighted by molar-refractivity contribution is 0.272. The zero-order chi connectivity index (χ0) is 9.14. The third-order valence-electron chi connectivity index (χ3n) is 1.76. The summed E-state index contributed by atoms with van der Waals surface area (Å²) in [6.07, 6.45) is 0. The van der Waals surface area contributed by atoms with E-state index < -0.39 is 0 Å². The van der Waals surface area contributed by atoms with Crippen molar-refractivity contribution in [1.29, 1.82) is 0 Å². The fourth-order valence-corrected chi connectivity index (χ4v) is 1.63. The van der Waals surface area contributed by atoms with Crippen LogP contribution in [-0.2, 0) is 0 Å². The van der Waals surface area contributed by atoms with E-state index in [-0.39, 0.29) is 18.3 Å². The molecule has 0 aliphatic heterocycles. The second kappa shape index (κ2) is 4.01. The molecule has 1 N–H and O–H groups in total. The zero-order valence-electron chi connectivity index (χ0n) is 6.72. The van der Waals surface area contributed by atoms with Crippen molar-refractivity contribution in [3.63, 3.8) is 0 Å². The van der Waals surface area contributed by atoms with Gasteiger partial charge in [-0.3, -0.25) is 0 Å². The molecule has 0 saturated carbocycles. The molecule has 0 spiro atoms. The van der Waals surface area contributed by atoms with E-state index in [9.17, 15) is 4.39 Å². The van der Waals surface area contributed by atoms with Crippen LogP contribution in [0.3, 0.4) is 0 Å². The third kappa shape index (κ3) is 2.05. The number of aliphatic hydroxyl groups excluding tert-OH is 1. The van der Waals surface area contributed by atoms with Crippen molar-refractivity contribution in [1.82, 2.24) is 0 Å². The van der Waals surface area contributed by atoms with Gasteiger partial charge in [0.05, 0.1) is 0 Å². The highest BCUT2D eigenvalue weighted by atomic mass is 79.9. The minimum atomic E-state index is -0.270. The van der Waals surface area contributed by atoms with Crippen LogP contribution in [0.15, 0.2) is 22.7 Å². The first-order chi connectivity index (χ1) is 5.65. The molecule has 0 aromatic heterocycles. The molecule has 1 aromatic carbocycles. The average molecular weight is 233 g/mol.